The van der Waals surface area contributed by atoms with Gasteiger partial charge in [0.2, 0.25) is 10.0 Å². The van der Waals surface area contributed by atoms with Gasteiger partial charge in [-0.05, 0) is 34.5 Å². The zero-order valence-corrected chi connectivity index (χ0v) is 15.4. The lowest BCUT2D eigenvalue weighted by Crippen LogP contribution is -2.48. The van der Waals surface area contributed by atoms with Crippen molar-refractivity contribution < 1.29 is 17.9 Å². The van der Waals surface area contributed by atoms with Gasteiger partial charge in [0.25, 0.3) is 0 Å². The second-order valence-electron chi connectivity index (χ2n) is 6.12. The molecule has 0 N–H and O–H groups in total. The van der Waals surface area contributed by atoms with E-state index < -0.39 is 10.0 Å². The Hall–Kier alpha value is -1.61. The first-order valence-corrected chi connectivity index (χ1v) is 10.6. The average molecular weight is 380 g/mol. The van der Waals surface area contributed by atoms with Gasteiger partial charge >= 0.3 is 0 Å². The van der Waals surface area contributed by atoms with Crippen molar-refractivity contribution in [2.45, 2.75) is 11.4 Å². The lowest BCUT2D eigenvalue weighted by molar-refractivity contribution is 0.170. The third-order valence-corrected chi connectivity index (χ3v) is 7.10. The second-order valence-corrected chi connectivity index (χ2v) is 8.84. The van der Waals surface area contributed by atoms with Gasteiger partial charge in [-0.3, -0.25) is 4.90 Å². The van der Waals surface area contributed by atoms with Crippen LogP contribution in [-0.2, 0) is 16.6 Å². The van der Waals surface area contributed by atoms with E-state index in [0.717, 1.165) is 19.6 Å². The lowest BCUT2D eigenvalue weighted by atomic mass is 10.3. The van der Waals surface area contributed by atoms with Crippen molar-refractivity contribution in [3.63, 3.8) is 0 Å². The van der Waals surface area contributed by atoms with E-state index in [2.05, 4.69) is 21.7 Å². The molecule has 3 heterocycles. The summed E-state index contributed by atoms with van der Waals surface area (Å²) in [4.78, 5) is 2.56. The maximum absolute atomic E-state index is 12.9. The first-order valence-electron chi connectivity index (χ1n) is 8.26. The zero-order chi connectivity index (χ0) is 17.3. The van der Waals surface area contributed by atoms with E-state index in [1.54, 1.807) is 33.8 Å². The molecule has 0 amide bonds. The fourth-order valence-corrected chi connectivity index (χ4v) is 5.20. The Labute approximate surface area is 151 Å². The van der Waals surface area contributed by atoms with Crippen molar-refractivity contribution in [3.8, 4) is 11.5 Å². The van der Waals surface area contributed by atoms with Crippen molar-refractivity contribution in [2.24, 2.45) is 0 Å². The summed E-state index contributed by atoms with van der Waals surface area (Å²) in [5.74, 6) is 1.11. The topological polar surface area (TPSA) is 59.1 Å². The SMILES string of the molecule is O=S(=O)(c1ccc2c(c1)OCCO2)N1CCN(Cc2ccsc2)CC1. The molecule has 2 aliphatic rings. The van der Waals surface area contributed by atoms with E-state index in [-0.39, 0.29) is 4.90 Å². The minimum atomic E-state index is -3.51. The van der Waals surface area contributed by atoms with E-state index in [0.29, 0.717) is 37.8 Å². The monoisotopic (exact) mass is 380 g/mol. The van der Waals surface area contributed by atoms with E-state index >= 15 is 0 Å². The molecule has 6 nitrogen and oxygen atoms in total. The number of hydrogen-bond donors (Lipinski definition) is 0. The Bertz CT molecular complexity index is 828. The molecule has 2 aromatic rings. The number of fused-ring (bicyclic) bond motifs is 1. The van der Waals surface area contributed by atoms with E-state index in [1.165, 1.54) is 5.56 Å². The molecule has 25 heavy (non-hydrogen) atoms. The number of benzene rings is 1. The number of piperazine rings is 1. The van der Waals surface area contributed by atoms with Crippen LogP contribution in [0.15, 0.2) is 39.9 Å². The van der Waals surface area contributed by atoms with Crippen molar-refractivity contribution in [3.05, 3.63) is 40.6 Å². The summed E-state index contributed by atoms with van der Waals surface area (Å²) in [6, 6.07) is 6.96. The minimum Gasteiger partial charge on any atom is -0.486 e. The third-order valence-electron chi connectivity index (χ3n) is 4.47. The molecular formula is C17H20N2O4S2. The van der Waals surface area contributed by atoms with Crippen molar-refractivity contribution in [1.82, 2.24) is 9.21 Å². The number of rotatable bonds is 4. The van der Waals surface area contributed by atoms with Gasteiger partial charge in [-0.15, -0.1) is 0 Å². The van der Waals surface area contributed by atoms with Crippen molar-refractivity contribution >= 4 is 21.4 Å². The summed E-state index contributed by atoms with van der Waals surface area (Å²) in [5.41, 5.74) is 1.29. The summed E-state index contributed by atoms with van der Waals surface area (Å²) < 4.78 is 38.3. The van der Waals surface area contributed by atoms with Crippen LogP contribution in [0.2, 0.25) is 0 Å². The number of ether oxygens (including phenoxy) is 2. The molecule has 8 heteroatoms. The first-order chi connectivity index (χ1) is 12.1. The molecule has 0 bridgehead atoms. The van der Waals surface area contributed by atoms with Crippen LogP contribution in [0, 0.1) is 0 Å². The quantitative estimate of drug-likeness (QED) is 0.812. The maximum Gasteiger partial charge on any atom is 0.243 e. The number of nitrogens with zero attached hydrogens (tertiary/aromatic N) is 2. The van der Waals surface area contributed by atoms with Gasteiger partial charge in [0.1, 0.15) is 13.2 Å². The summed E-state index contributed by atoms with van der Waals surface area (Å²) in [6.45, 7) is 4.28. The van der Waals surface area contributed by atoms with E-state index in [9.17, 15) is 8.42 Å². The van der Waals surface area contributed by atoms with Crippen LogP contribution < -0.4 is 9.47 Å². The Morgan fingerprint density at radius 3 is 2.48 bits per heavy atom. The van der Waals surface area contributed by atoms with Gasteiger partial charge in [-0.25, -0.2) is 8.42 Å². The van der Waals surface area contributed by atoms with Gasteiger partial charge in [0.05, 0.1) is 4.90 Å². The van der Waals surface area contributed by atoms with Gasteiger partial charge in [0.15, 0.2) is 11.5 Å². The molecule has 134 valence electrons. The van der Waals surface area contributed by atoms with Crippen LogP contribution in [0.25, 0.3) is 0 Å². The largest absolute Gasteiger partial charge is 0.486 e. The highest BCUT2D eigenvalue weighted by Crippen LogP contribution is 2.33. The van der Waals surface area contributed by atoms with Crippen LogP contribution in [-0.4, -0.2) is 57.0 Å². The molecule has 0 spiro atoms. The molecule has 0 saturated carbocycles. The molecule has 1 aromatic carbocycles. The first kappa shape index (κ1) is 16.8. The predicted octanol–water partition coefficient (Wildman–Crippen LogP) is 2.03. The molecular weight excluding hydrogens is 360 g/mol. The fourth-order valence-electron chi connectivity index (χ4n) is 3.10. The Kier molecular flexibility index (Phi) is 4.68. The van der Waals surface area contributed by atoms with Crippen LogP contribution >= 0.6 is 11.3 Å². The Morgan fingerprint density at radius 2 is 1.76 bits per heavy atom. The summed E-state index contributed by atoms with van der Waals surface area (Å²) in [6.07, 6.45) is 0. The Balaban J connectivity index is 1.44. The van der Waals surface area contributed by atoms with Crippen LogP contribution in [0.1, 0.15) is 5.56 Å². The predicted molar refractivity (Wildman–Crippen MR) is 95.8 cm³/mol. The van der Waals surface area contributed by atoms with Gasteiger partial charge in [0, 0.05) is 38.8 Å². The summed E-state index contributed by atoms with van der Waals surface area (Å²) >= 11 is 1.69. The standard InChI is InChI=1S/C17H20N2O4S2/c20-25(21,15-1-2-16-17(11-15)23-9-8-22-16)19-6-4-18(5-7-19)12-14-3-10-24-13-14/h1-3,10-11,13H,4-9,12H2. The molecule has 4 rings (SSSR count). The van der Waals surface area contributed by atoms with Crippen molar-refractivity contribution in [2.75, 3.05) is 39.4 Å². The number of sulfonamides is 1. The molecule has 1 aromatic heterocycles. The number of thiophene rings is 1. The summed E-state index contributed by atoms with van der Waals surface area (Å²) in [5, 5.41) is 4.20. The molecule has 0 atom stereocenters. The lowest BCUT2D eigenvalue weighted by Gasteiger charge is -2.34. The highest BCUT2D eigenvalue weighted by Gasteiger charge is 2.29. The normalized spacial score (nSPS) is 19.0. The highest BCUT2D eigenvalue weighted by molar-refractivity contribution is 7.89. The zero-order valence-electron chi connectivity index (χ0n) is 13.8. The average Bonchev–Trinajstić information content (AvgIpc) is 3.15. The van der Waals surface area contributed by atoms with Crippen LogP contribution in [0.4, 0.5) is 0 Å². The molecule has 0 unspecified atom stereocenters. The van der Waals surface area contributed by atoms with Gasteiger partial charge < -0.3 is 9.47 Å². The molecule has 0 radical (unpaired) electrons. The van der Waals surface area contributed by atoms with Crippen LogP contribution in [0.3, 0.4) is 0 Å². The second kappa shape index (κ2) is 6.95. The highest BCUT2D eigenvalue weighted by atomic mass is 32.2. The van der Waals surface area contributed by atoms with Gasteiger partial charge in [-0.1, -0.05) is 0 Å². The Morgan fingerprint density at radius 1 is 1.00 bits per heavy atom. The van der Waals surface area contributed by atoms with Gasteiger partial charge in [-0.2, -0.15) is 15.6 Å². The van der Waals surface area contributed by atoms with Crippen LogP contribution in [0.5, 0.6) is 11.5 Å². The smallest absolute Gasteiger partial charge is 0.243 e. The fraction of sp³-hybridized carbons (Fsp3) is 0.412. The molecule has 0 aliphatic carbocycles. The molecule has 2 aliphatic heterocycles. The van der Waals surface area contributed by atoms with Crippen molar-refractivity contribution in [1.29, 1.82) is 0 Å². The molecule has 1 saturated heterocycles. The number of hydrogen-bond acceptors (Lipinski definition) is 6. The maximum atomic E-state index is 12.9. The van der Waals surface area contributed by atoms with E-state index in [4.69, 9.17) is 9.47 Å². The van der Waals surface area contributed by atoms with E-state index in [1.807, 2.05) is 0 Å². The third kappa shape index (κ3) is 3.52. The molecule has 1 fully saturated rings. The summed E-state index contributed by atoms with van der Waals surface area (Å²) in [7, 11) is -3.51. The minimum absolute atomic E-state index is 0.267.